The number of nitrogens with zero attached hydrogens (tertiary/aromatic N) is 3. The quantitative estimate of drug-likeness (QED) is 0.377. The van der Waals surface area contributed by atoms with Gasteiger partial charge in [0.05, 0.1) is 17.6 Å². The number of ether oxygens (including phenoxy) is 1. The summed E-state index contributed by atoms with van der Waals surface area (Å²) in [6, 6.07) is 0.0224. The van der Waals surface area contributed by atoms with Gasteiger partial charge in [-0.15, -0.1) is 0 Å². The van der Waals surface area contributed by atoms with Crippen LogP contribution in [0, 0.1) is 10.1 Å². The fourth-order valence-electron chi connectivity index (χ4n) is 1.60. The van der Waals surface area contributed by atoms with Gasteiger partial charge in [0, 0.05) is 6.61 Å². The number of hydrazine groups is 1. The van der Waals surface area contributed by atoms with E-state index in [0.717, 1.165) is 6.42 Å². The Kier molecular flexibility index (Phi) is 3.30. The summed E-state index contributed by atoms with van der Waals surface area (Å²) in [4.78, 5) is 17.9. The summed E-state index contributed by atoms with van der Waals surface area (Å²) in [6.07, 6.45) is 1.99. The van der Waals surface area contributed by atoms with Gasteiger partial charge in [0.25, 0.3) is 0 Å². The molecule has 17 heavy (non-hydrogen) atoms. The van der Waals surface area contributed by atoms with Crippen LogP contribution in [0.4, 0.5) is 17.3 Å². The Morgan fingerprint density at radius 1 is 1.53 bits per heavy atom. The van der Waals surface area contributed by atoms with Crippen LogP contribution in [0.15, 0.2) is 6.33 Å². The molecule has 2 rings (SSSR count). The zero-order chi connectivity index (χ0) is 12.3. The van der Waals surface area contributed by atoms with E-state index in [0.29, 0.717) is 13.2 Å². The molecular formula is C8H12N6O3. The third kappa shape index (κ3) is 2.40. The highest BCUT2D eigenvalue weighted by molar-refractivity contribution is 5.69. The SMILES string of the molecule is NNc1ncnc(NC2CCOC2)c1[N+](=O)[O-]. The number of nitrogens with one attached hydrogen (secondary N) is 2. The van der Waals surface area contributed by atoms with Gasteiger partial charge >= 0.3 is 5.69 Å². The van der Waals surface area contributed by atoms with Crippen molar-refractivity contribution < 1.29 is 9.66 Å². The first-order valence-corrected chi connectivity index (χ1v) is 5.02. The maximum Gasteiger partial charge on any atom is 0.354 e. The molecule has 0 amide bonds. The van der Waals surface area contributed by atoms with Crippen LogP contribution in [-0.2, 0) is 4.74 Å². The van der Waals surface area contributed by atoms with E-state index >= 15 is 0 Å². The number of hydrogen-bond donors (Lipinski definition) is 3. The van der Waals surface area contributed by atoms with Crippen molar-refractivity contribution in [2.24, 2.45) is 5.84 Å². The summed E-state index contributed by atoms with van der Waals surface area (Å²) >= 11 is 0. The molecule has 1 fully saturated rings. The Balaban J connectivity index is 2.28. The van der Waals surface area contributed by atoms with E-state index in [-0.39, 0.29) is 23.4 Å². The van der Waals surface area contributed by atoms with Crippen LogP contribution >= 0.6 is 0 Å². The van der Waals surface area contributed by atoms with Gasteiger partial charge in [-0.1, -0.05) is 0 Å². The van der Waals surface area contributed by atoms with Gasteiger partial charge in [-0.3, -0.25) is 10.1 Å². The van der Waals surface area contributed by atoms with Crippen LogP contribution < -0.4 is 16.6 Å². The minimum absolute atomic E-state index is 0.0218. The summed E-state index contributed by atoms with van der Waals surface area (Å²) < 4.78 is 5.17. The van der Waals surface area contributed by atoms with Crippen molar-refractivity contribution in [3.8, 4) is 0 Å². The number of aromatic nitrogens is 2. The second-order valence-electron chi connectivity index (χ2n) is 3.53. The first-order chi connectivity index (χ1) is 8.22. The van der Waals surface area contributed by atoms with Crippen LogP contribution in [0.2, 0.25) is 0 Å². The van der Waals surface area contributed by atoms with E-state index in [9.17, 15) is 10.1 Å². The van der Waals surface area contributed by atoms with Crippen LogP contribution in [0.25, 0.3) is 0 Å². The lowest BCUT2D eigenvalue weighted by Gasteiger charge is -2.12. The number of hydrogen-bond acceptors (Lipinski definition) is 8. The molecule has 2 heterocycles. The van der Waals surface area contributed by atoms with E-state index in [1.807, 2.05) is 0 Å². The third-order valence-corrected chi connectivity index (χ3v) is 2.41. The predicted octanol–water partition coefficient (Wildman–Crippen LogP) is -0.129. The second kappa shape index (κ2) is 4.89. The van der Waals surface area contributed by atoms with Crippen molar-refractivity contribution in [2.45, 2.75) is 12.5 Å². The lowest BCUT2D eigenvalue weighted by molar-refractivity contribution is -0.383. The van der Waals surface area contributed by atoms with Gasteiger partial charge in [0.1, 0.15) is 6.33 Å². The van der Waals surface area contributed by atoms with Crippen molar-refractivity contribution in [2.75, 3.05) is 24.0 Å². The topological polar surface area (TPSA) is 128 Å². The Morgan fingerprint density at radius 3 is 2.88 bits per heavy atom. The lowest BCUT2D eigenvalue weighted by atomic mass is 10.2. The zero-order valence-corrected chi connectivity index (χ0v) is 8.92. The smallest absolute Gasteiger partial charge is 0.354 e. The molecule has 0 radical (unpaired) electrons. The van der Waals surface area contributed by atoms with Gasteiger partial charge in [-0.2, -0.15) is 0 Å². The maximum absolute atomic E-state index is 10.9. The molecule has 1 aliphatic rings. The molecular weight excluding hydrogens is 228 g/mol. The van der Waals surface area contributed by atoms with E-state index in [2.05, 4.69) is 20.7 Å². The van der Waals surface area contributed by atoms with E-state index < -0.39 is 4.92 Å². The first kappa shape index (κ1) is 11.5. The van der Waals surface area contributed by atoms with Gasteiger partial charge in [0.15, 0.2) is 0 Å². The first-order valence-electron chi connectivity index (χ1n) is 5.02. The molecule has 0 bridgehead atoms. The molecule has 0 saturated carbocycles. The van der Waals surface area contributed by atoms with Crippen molar-refractivity contribution in [3.05, 3.63) is 16.4 Å². The summed E-state index contributed by atoms with van der Waals surface area (Å²) in [5, 5.41) is 13.9. The largest absolute Gasteiger partial charge is 0.379 e. The fourth-order valence-corrected chi connectivity index (χ4v) is 1.60. The Morgan fingerprint density at radius 2 is 2.29 bits per heavy atom. The van der Waals surface area contributed by atoms with Gasteiger partial charge < -0.3 is 15.5 Å². The Hall–Kier alpha value is -2.00. The molecule has 92 valence electrons. The molecule has 1 aromatic rings. The molecule has 1 aromatic heterocycles. The highest BCUT2D eigenvalue weighted by atomic mass is 16.6. The molecule has 1 aliphatic heterocycles. The second-order valence-corrected chi connectivity index (χ2v) is 3.53. The monoisotopic (exact) mass is 240 g/mol. The summed E-state index contributed by atoms with van der Waals surface area (Å²) in [5.74, 6) is 5.29. The van der Waals surface area contributed by atoms with Crippen LogP contribution in [0.5, 0.6) is 0 Å². The highest BCUT2D eigenvalue weighted by Crippen LogP contribution is 2.29. The normalized spacial score (nSPS) is 19.0. The average Bonchev–Trinajstić information content (AvgIpc) is 2.81. The molecule has 0 spiro atoms. The number of rotatable bonds is 4. The fraction of sp³-hybridized carbons (Fsp3) is 0.500. The van der Waals surface area contributed by atoms with Gasteiger partial charge in [0.2, 0.25) is 11.6 Å². The van der Waals surface area contributed by atoms with Crippen LogP contribution in [-0.4, -0.2) is 34.1 Å². The van der Waals surface area contributed by atoms with Crippen LogP contribution in [0.1, 0.15) is 6.42 Å². The third-order valence-electron chi connectivity index (χ3n) is 2.41. The number of anilines is 2. The Bertz CT molecular complexity index is 420. The Labute approximate surface area is 96.5 Å². The highest BCUT2D eigenvalue weighted by Gasteiger charge is 2.25. The van der Waals surface area contributed by atoms with Crippen molar-refractivity contribution in [3.63, 3.8) is 0 Å². The molecule has 1 unspecified atom stereocenters. The number of nitrogens with two attached hydrogens (primary N) is 1. The average molecular weight is 240 g/mol. The van der Waals surface area contributed by atoms with Crippen LogP contribution in [0.3, 0.4) is 0 Å². The minimum Gasteiger partial charge on any atom is -0.379 e. The standard InChI is InChI=1S/C8H12N6O3/c9-13-8-6(14(15)16)7(10-4-11-8)12-5-1-2-17-3-5/h4-5H,1-3,9H2,(H2,10,11,12,13). The van der Waals surface area contributed by atoms with Crippen molar-refractivity contribution >= 4 is 17.3 Å². The van der Waals surface area contributed by atoms with Gasteiger partial charge in [-0.05, 0) is 6.42 Å². The predicted molar refractivity (Wildman–Crippen MR) is 59.3 cm³/mol. The summed E-state index contributed by atoms with van der Waals surface area (Å²) in [5.41, 5.74) is 1.92. The summed E-state index contributed by atoms with van der Waals surface area (Å²) in [7, 11) is 0. The maximum atomic E-state index is 10.9. The molecule has 1 saturated heterocycles. The van der Waals surface area contributed by atoms with E-state index in [1.165, 1.54) is 6.33 Å². The van der Waals surface area contributed by atoms with E-state index in [1.54, 1.807) is 0 Å². The van der Waals surface area contributed by atoms with Gasteiger partial charge in [-0.25, -0.2) is 15.8 Å². The number of nitro groups is 1. The van der Waals surface area contributed by atoms with E-state index in [4.69, 9.17) is 10.6 Å². The van der Waals surface area contributed by atoms with Crippen molar-refractivity contribution in [1.82, 2.24) is 9.97 Å². The molecule has 0 aliphatic carbocycles. The zero-order valence-electron chi connectivity index (χ0n) is 8.92. The molecule has 0 aromatic carbocycles. The molecule has 9 nitrogen and oxygen atoms in total. The molecule has 9 heteroatoms. The number of nitrogen functional groups attached to an aromatic ring is 1. The molecule has 4 N–H and O–H groups in total. The van der Waals surface area contributed by atoms with Crippen molar-refractivity contribution in [1.29, 1.82) is 0 Å². The summed E-state index contributed by atoms with van der Waals surface area (Å²) in [6.45, 7) is 1.14. The molecule has 1 atom stereocenters. The minimum atomic E-state index is -0.576. The lowest BCUT2D eigenvalue weighted by Crippen LogP contribution is -2.21.